The number of carbonyl (C=O) groups excluding carboxylic acids is 1. The molecule has 5 nitrogen and oxygen atoms in total. The van der Waals surface area contributed by atoms with Crippen LogP contribution in [0, 0.1) is 5.41 Å². The lowest BCUT2D eigenvalue weighted by molar-refractivity contribution is -0.117. The first kappa shape index (κ1) is 11.9. The molecule has 6 N–H and O–H groups in total. The SMILES string of the molecule is N=C(N)c1ccc2c(CC(N)=O)c(O)ccc2c1. The number of aromatic hydroxyl groups is 1. The summed E-state index contributed by atoms with van der Waals surface area (Å²) in [5, 5.41) is 18.7. The number of primary amides is 1. The summed E-state index contributed by atoms with van der Waals surface area (Å²) >= 11 is 0. The first-order chi connectivity index (χ1) is 8.49. The number of amidine groups is 1. The maximum atomic E-state index is 11.0. The molecule has 0 saturated carbocycles. The van der Waals surface area contributed by atoms with Crippen LogP contribution in [0.5, 0.6) is 5.75 Å². The lowest BCUT2D eigenvalue weighted by Crippen LogP contribution is -2.14. The fourth-order valence-corrected chi connectivity index (χ4v) is 1.91. The van der Waals surface area contributed by atoms with Gasteiger partial charge in [0, 0.05) is 11.1 Å². The smallest absolute Gasteiger partial charge is 0.222 e. The van der Waals surface area contributed by atoms with E-state index in [2.05, 4.69) is 0 Å². The Morgan fingerprint density at radius 1 is 1.22 bits per heavy atom. The number of hydrogen-bond acceptors (Lipinski definition) is 3. The minimum atomic E-state index is -0.506. The third-order valence-electron chi connectivity index (χ3n) is 2.77. The molecule has 0 radical (unpaired) electrons. The molecule has 0 aliphatic heterocycles. The predicted molar refractivity (Wildman–Crippen MR) is 69.5 cm³/mol. The zero-order valence-corrected chi connectivity index (χ0v) is 9.60. The van der Waals surface area contributed by atoms with Crippen molar-refractivity contribution in [2.24, 2.45) is 11.5 Å². The van der Waals surface area contributed by atoms with Crippen LogP contribution in [0.2, 0.25) is 0 Å². The van der Waals surface area contributed by atoms with Gasteiger partial charge in [0.2, 0.25) is 5.91 Å². The van der Waals surface area contributed by atoms with Crippen molar-refractivity contribution in [3.8, 4) is 5.75 Å². The molecule has 0 bridgehead atoms. The number of nitrogen functional groups attached to an aromatic ring is 1. The number of fused-ring (bicyclic) bond motifs is 1. The van der Waals surface area contributed by atoms with Gasteiger partial charge in [-0.1, -0.05) is 18.2 Å². The van der Waals surface area contributed by atoms with Gasteiger partial charge in [-0.2, -0.15) is 0 Å². The Morgan fingerprint density at radius 2 is 1.94 bits per heavy atom. The van der Waals surface area contributed by atoms with Crippen LogP contribution in [0.4, 0.5) is 0 Å². The van der Waals surface area contributed by atoms with Crippen LogP contribution < -0.4 is 11.5 Å². The number of rotatable bonds is 3. The van der Waals surface area contributed by atoms with Crippen LogP contribution in [-0.2, 0) is 11.2 Å². The number of phenolic OH excluding ortho intramolecular Hbond substituents is 1. The maximum Gasteiger partial charge on any atom is 0.222 e. The average Bonchev–Trinajstić information content (AvgIpc) is 2.31. The van der Waals surface area contributed by atoms with Gasteiger partial charge in [0.15, 0.2) is 0 Å². The monoisotopic (exact) mass is 243 g/mol. The van der Waals surface area contributed by atoms with Gasteiger partial charge in [0.05, 0.1) is 6.42 Å². The highest BCUT2D eigenvalue weighted by Crippen LogP contribution is 2.28. The molecule has 0 unspecified atom stereocenters. The summed E-state index contributed by atoms with van der Waals surface area (Å²) in [5.41, 5.74) is 11.7. The molecular weight excluding hydrogens is 230 g/mol. The van der Waals surface area contributed by atoms with Gasteiger partial charge in [0.25, 0.3) is 0 Å². The Hall–Kier alpha value is -2.56. The van der Waals surface area contributed by atoms with Gasteiger partial charge in [0.1, 0.15) is 11.6 Å². The van der Waals surface area contributed by atoms with Crippen molar-refractivity contribution in [3.63, 3.8) is 0 Å². The second kappa shape index (κ2) is 4.37. The molecule has 0 atom stereocenters. The Labute approximate surface area is 104 Å². The molecule has 0 spiro atoms. The van der Waals surface area contributed by atoms with Gasteiger partial charge in [-0.05, 0) is 22.9 Å². The minimum absolute atomic E-state index is 0.0252. The molecule has 5 heteroatoms. The van der Waals surface area contributed by atoms with E-state index >= 15 is 0 Å². The first-order valence-electron chi connectivity index (χ1n) is 5.36. The van der Waals surface area contributed by atoms with Gasteiger partial charge in [-0.3, -0.25) is 10.2 Å². The molecule has 0 aromatic heterocycles. The number of hydrogen-bond donors (Lipinski definition) is 4. The van der Waals surface area contributed by atoms with Crippen LogP contribution in [0.1, 0.15) is 11.1 Å². The second-order valence-corrected chi connectivity index (χ2v) is 4.06. The van der Waals surface area contributed by atoms with E-state index in [1.165, 1.54) is 6.07 Å². The predicted octanol–water partition coefficient (Wildman–Crippen LogP) is 0.857. The van der Waals surface area contributed by atoms with E-state index in [0.717, 1.165) is 10.8 Å². The van der Waals surface area contributed by atoms with Crippen molar-refractivity contribution in [1.82, 2.24) is 0 Å². The zero-order chi connectivity index (χ0) is 13.3. The lowest BCUT2D eigenvalue weighted by Gasteiger charge is -2.09. The normalized spacial score (nSPS) is 10.4. The van der Waals surface area contributed by atoms with E-state index in [-0.39, 0.29) is 18.0 Å². The fourth-order valence-electron chi connectivity index (χ4n) is 1.91. The molecular formula is C13H13N3O2. The van der Waals surface area contributed by atoms with E-state index in [9.17, 15) is 9.90 Å². The molecule has 2 aromatic carbocycles. The van der Waals surface area contributed by atoms with Crippen molar-refractivity contribution in [2.75, 3.05) is 0 Å². The Morgan fingerprint density at radius 3 is 2.56 bits per heavy atom. The van der Waals surface area contributed by atoms with Crippen molar-refractivity contribution < 1.29 is 9.90 Å². The van der Waals surface area contributed by atoms with Crippen molar-refractivity contribution in [2.45, 2.75) is 6.42 Å². The van der Waals surface area contributed by atoms with Crippen LogP contribution >= 0.6 is 0 Å². The number of nitrogens with one attached hydrogen (secondary N) is 1. The second-order valence-electron chi connectivity index (χ2n) is 4.06. The van der Waals surface area contributed by atoms with E-state index < -0.39 is 5.91 Å². The van der Waals surface area contributed by atoms with Crippen LogP contribution in [0.25, 0.3) is 10.8 Å². The highest BCUT2D eigenvalue weighted by molar-refractivity contribution is 6.00. The summed E-state index contributed by atoms with van der Waals surface area (Å²) in [7, 11) is 0. The molecule has 92 valence electrons. The largest absolute Gasteiger partial charge is 0.508 e. The highest BCUT2D eigenvalue weighted by Gasteiger charge is 2.10. The number of benzene rings is 2. The van der Waals surface area contributed by atoms with Crippen molar-refractivity contribution in [3.05, 3.63) is 41.5 Å². The van der Waals surface area contributed by atoms with Gasteiger partial charge in [-0.25, -0.2) is 0 Å². The Balaban J connectivity index is 2.66. The Kier molecular flexibility index (Phi) is 2.89. The van der Waals surface area contributed by atoms with Crippen LogP contribution in [0.3, 0.4) is 0 Å². The minimum Gasteiger partial charge on any atom is -0.508 e. The number of nitrogens with two attached hydrogens (primary N) is 2. The molecule has 0 saturated heterocycles. The average molecular weight is 243 g/mol. The molecule has 0 aliphatic carbocycles. The number of carbonyl (C=O) groups is 1. The third-order valence-corrected chi connectivity index (χ3v) is 2.77. The van der Waals surface area contributed by atoms with Crippen molar-refractivity contribution >= 4 is 22.5 Å². The summed E-state index contributed by atoms with van der Waals surface area (Å²) in [6.07, 6.45) is -0.0252. The molecule has 0 fully saturated rings. The van der Waals surface area contributed by atoms with Gasteiger partial charge in [-0.15, -0.1) is 0 Å². The molecule has 0 heterocycles. The van der Waals surface area contributed by atoms with Crippen LogP contribution in [-0.4, -0.2) is 16.8 Å². The highest BCUT2D eigenvalue weighted by atomic mass is 16.3. The van der Waals surface area contributed by atoms with E-state index in [4.69, 9.17) is 16.9 Å². The molecule has 0 aliphatic rings. The first-order valence-corrected chi connectivity index (χ1v) is 5.36. The van der Waals surface area contributed by atoms with E-state index in [1.54, 1.807) is 24.3 Å². The van der Waals surface area contributed by atoms with Gasteiger partial charge < -0.3 is 16.6 Å². The summed E-state index contributed by atoms with van der Waals surface area (Å²) < 4.78 is 0. The summed E-state index contributed by atoms with van der Waals surface area (Å²) in [4.78, 5) is 11.0. The molecule has 1 amide bonds. The van der Waals surface area contributed by atoms with Crippen LogP contribution in [0.15, 0.2) is 30.3 Å². The topological polar surface area (TPSA) is 113 Å². The standard InChI is InChI=1S/C13H13N3O2/c14-12(18)6-10-9-3-1-8(13(15)16)5-7(9)2-4-11(10)17/h1-5,17H,6H2,(H2,14,18)(H3,15,16). The van der Waals surface area contributed by atoms with E-state index in [1.807, 2.05) is 0 Å². The summed E-state index contributed by atoms with van der Waals surface area (Å²) in [6, 6.07) is 8.35. The molecule has 2 aromatic rings. The third kappa shape index (κ3) is 2.10. The number of amides is 1. The quantitative estimate of drug-likeness (QED) is 0.473. The zero-order valence-electron chi connectivity index (χ0n) is 9.60. The lowest BCUT2D eigenvalue weighted by atomic mass is 9.99. The summed E-state index contributed by atoms with van der Waals surface area (Å²) in [5.74, 6) is -0.494. The van der Waals surface area contributed by atoms with Gasteiger partial charge >= 0.3 is 0 Å². The molecule has 18 heavy (non-hydrogen) atoms. The van der Waals surface area contributed by atoms with E-state index in [0.29, 0.717) is 11.1 Å². The molecule has 2 rings (SSSR count). The Bertz CT molecular complexity index is 650. The summed E-state index contributed by atoms with van der Waals surface area (Å²) in [6.45, 7) is 0. The number of phenols is 1. The maximum absolute atomic E-state index is 11.0. The van der Waals surface area contributed by atoms with Crippen molar-refractivity contribution in [1.29, 1.82) is 5.41 Å². The fraction of sp³-hybridized carbons (Fsp3) is 0.0769.